The molecule has 3 rings (SSSR count). The first-order valence-electron chi connectivity index (χ1n) is 7.48. The SMILES string of the molecule is COc1ccc2nc(C(C)Cl)n(CC3CCCN3C)c2c1. The van der Waals surface area contributed by atoms with Gasteiger partial charge in [0.2, 0.25) is 0 Å². The van der Waals surface area contributed by atoms with Crippen LogP contribution in [-0.2, 0) is 6.54 Å². The molecule has 1 aliphatic rings. The monoisotopic (exact) mass is 307 g/mol. The molecule has 114 valence electrons. The van der Waals surface area contributed by atoms with Gasteiger partial charge in [0.1, 0.15) is 11.6 Å². The Kier molecular flexibility index (Phi) is 4.09. The first-order chi connectivity index (χ1) is 10.1. The summed E-state index contributed by atoms with van der Waals surface area (Å²) in [4.78, 5) is 7.14. The number of fused-ring (bicyclic) bond motifs is 1. The minimum absolute atomic E-state index is 0.102. The van der Waals surface area contributed by atoms with E-state index in [9.17, 15) is 0 Å². The van der Waals surface area contributed by atoms with E-state index in [0.29, 0.717) is 6.04 Å². The zero-order valence-electron chi connectivity index (χ0n) is 12.8. The molecular weight excluding hydrogens is 286 g/mol. The average Bonchev–Trinajstić information content (AvgIpc) is 3.03. The zero-order valence-corrected chi connectivity index (χ0v) is 13.6. The molecule has 0 aliphatic carbocycles. The van der Waals surface area contributed by atoms with Gasteiger partial charge in [-0.25, -0.2) is 4.98 Å². The molecule has 0 N–H and O–H groups in total. The van der Waals surface area contributed by atoms with Crippen LogP contribution in [0.4, 0.5) is 0 Å². The summed E-state index contributed by atoms with van der Waals surface area (Å²) >= 11 is 6.35. The van der Waals surface area contributed by atoms with Crippen molar-refractivity contribution < 1.29 is 4.74 Å². The van der Waals surface area contributed by atoms with E-state index in [1.165, 1.54) is 19.4 Å². The molecule has 1 aromatic heterocycles. The Morgan fingerprint density at radius 2 is 2.29 bits per heavy atom. The fourth-order valence-electron chi connectivity index (χ4n) is 3.16. The number of benzene rings is 1. The summed E-state index contributed by atoms with van der Waals surface area (Å²) < 4.78 is 7.62. The lowest BCUT2D eigenvalue weighted by molar-refractivity contribution is 0.282. The van der Waals surface area contributed by atoms with Crippen LogP contribution in [0.3, 0.4) is 0 Å². The Labute approximate surface area is 130 Å². The second-order valence-corrected chi connectivity index (χ2v) is 6.48. The van der Waals surface area contributed by atoms with Crippen molar-refractivity contribution in [3.05, 3.63) is 24.0 Å². The maximum absolute atomic E-state index is 6.35. The second kappa shape index (κ2) is 5.85. The van der Waals surface area contributed by atoms with E-state index in [0.717, 1.165) is 29.2 Å². The molecule has 0 bridgehead atoms. The molecule has 2 heterocycles. The molecule has 0 amide bonds. The Balaban J connectivity index is 2.05. The number of ether oxygens (including phenoxy) is 1. The summed E-state index contributed by atoms with van der Waals surface area (Å²) in [5.74, 6) is 1.80. The molecular formula is C16H22ClN3O. The Morgan fingerprint density at radius 1 is 1.48 bits per heavy atom. The van der Waals surface area contributed by atoms with Gasteiger partial charge >= 0.3 is 0 Å². The lowest BCUT2D eigenvalue weighted by Crippen LogP contribution is -2.30. The summed E-state index contributed by atoms with van der Waals surface area (Å²) in [5.41, 5.74) is 2.09. The van der Waals surface area contributed by atoms with Crippen LogP contribution < -0.4 is 4.74 Å². The number of hydrogen-bond acceptors (Lipinski definition) is 3. The number of imidazole rings is 1. The number of hydrogen-bond donors (Lipinski definition) is 0. The number of likely N-dealkylation sites (N-methyl/N-ethyl adjacent to an activating group) is 1. The highest BCUT2D eigenvalue weighted by molar-refractivity contribution is 6.20. The van der Waals surface area contributed by atoms with Crippen molar-refractivity contribution in [3.8, 4) is 5.75 Å². The number of likely N-dealkylation sites (tertiary alicyclic amines) is 1. The summed E-state index contributed by atoms with van der Waals surface area (Å²) in [5, 5.41) is -0.102. The maximum atomic E-state index is 6.35. The van der Waals surface area contributed by atoms with Crippen LogP contribution in [-0.4, -0.2) is 41.2 Å². The van der Waals surface area contributed by atoms with Gasteiger partial charge in [0, 0.05) is 18.7 Å². The third-order valence-electron chi connectivity index (χ3n) is 4.41. The predicted octanol–water partition coefficient (Wildman–Crippen LogP) is 3.44. The van der Waals surface area contributed by atoms with Gasteiger partial charge in [-0.3, -0.25) is 0 Å². The quantitative estimate of drug-likeness (QED) is 0.811. The highest BCUT2D eigenvalue weighted by Crippen LogP contribution is 2.29. The number of alkyl halides is 1. The third kappa shape index (κ3) is 2.74. The van der Waals surface area contributed by atoms with E-state index >= 15 is 0 Å². The molecule has 0 radical (unpaired) electrons. The molecule has 0 saturated carbocycles. The largest absolute Gasteiger partial charge is 0.497 e. The van der Waals surface area contributed by atoms with Gasteiger partial charge in [-0.1, -0.05) is 0 Å². The topological polar surface area (TPSA) is 30.3 Å². The molecule has 4 nitrogen and oxygen atoms in total. The molecule has 21 heavy (non-hydrogen) atoms. The number of halogens is 1. The summed E-state index contributed by atoms with van der Waals surface area (Å²) in [6, 6.07) is 6.57. The van der Waals surface area contributed by atoms with Gasteiger partial charge < -0.3 is 14.2 Å². The third-order valence-corrected chi connectivity index (χ3v) is 4.60. The first kappa shape index (κ1) is 14.7. The minimum atomic E-state index is -0.102. The molecule has 1 aromatic carbocycles. The van der Waals surface area contributed by atoms with Crippen molar-refractivity contribution in [1.82, 2.24) is 14.5 Å². The number of nitrogens with zero attached hydrogens (tertiary/aromatic N) is 3. The van der Waals surface area contributed by atoms with Crippen LogP contribution in [0.15, 0.2) is 18.2 Å². The lowest BCUT2D eigenvalue weighted by Gasteiger charge is -2.22. The van der Waals surface area contributed by atoms with Gasteiger partial charge in [0.25, 0.3) is 0 Å². The van der Waals surface area contributed by atoms with Gasteiger partial charge in [-0.15, -0.1) is 11.6 Å². The number of aromatic nitrogens is 2. The van der Waals surface area contributed by atoms with Crippen molar-refractivity contribution in [1.29, 1.82) is 0 Å². The molecule has 1 aliphatic heterocycles. The van der Waals surface area contributed by atoms with Gasteiger partial charge in [0.05, 0.1) is 23.5 Å². The van der Waals surface area contributed by atoms with Crippen molar-refractivity contribution in [3.63, 3.8) is 0 Å². The molecule has 1 saturated heterocycles. The van der Waals surface area contributed by atoms with E-state index in [4.69, 9.17) is 21.3 Å². The second-order valence-electron chi connectivity index (χ2n) is 5.83. The Morgan fingerprint density at radius 3 is 2.90 bits per heavy atom. The zero-order chi connectivity index (χ0) is 15.0. The highest BCUT2D eigenvalue weighted by Gasteiger charge is 2.24. The Hall–Kier alpha value is -1.26. The van der Waals surface area contributed by atoms with Gasteiger partial charge in [0.15, 0.2) is 0 Å². The van der Waals surface area contributed by atoms with Crippen LogP contribution in [0.2, 0.25) is 0 Å². The first-order valence-corrected chi connectivity index (χ1v) is 7.92. The highest BCUT2D eigenvalue weighted by atomic mass is 35.5. The molecule has 5 heteroatoms. The Bertz CT molecular complexity index is 638. The fourth-order valence-corrected chi connectivity index (χ4v) is 3.33. The van der Waals surface area contributed by atoms with Crippen LogP contribution in [0.25, 0.3) is 11.0 Å². The van der Waals surface area contributed by atoms with Crippen LogP contribution in [0.1, 0.15) is 31.0 Å². The molecule has 2 unspecified atom stereocenters. The van der Waals surface area contributed by atoms with E-state index in [2.05, 4.69) is 22.6 Å². The summed E-state index contributed by atoms with van der Waals surface area (Å²) in [6.07, 6.45) is 2.50. The van der Waals surface area contributed by atoms with Crippen molar-refractivity contribution in [2.24, 2.45) is 0 Å². The van der Waals surface area contributed by atoms with Gasteiger partial charge in [-0.2, -0.15) is 0 Å². The van der Waals surface area contributed by atoms with E-state index in [-0.39, 0.29) is 5.38 Å². The number of rotatable bonds is 4. The fraction of sp³-hybridized carbons (Fsp3) is 0.562. The predicted molar refractivity (Wildman–Crippen MR) is 86.2 cm³/mol. The summed E-state index contributed by atoms with van der Waals surface area (Å²) in [7, 11) is 3.89. The maximum Gasteiger partial charge on any atom is 0.127 e. The van der Waals surface area contributed by atoms with Gasteiger partial charge in [-0.05, 0) is 45.5 Å². The molecule has 2 atom stereocenters. The van der Waals surface area contributed by atoms with Crippen LogP contribution in [0.5, 0.6) is 5.75 Å². The van der Waals surface area contributed by atoms with Crippen molar-refractivity contribution in [2.75, 3.05) is 20.7 Å². The molecule has 0 spiro atoms. The van der Waals surface area contributed by atoms with Crippen LogP contribution in [0, 0.1) is 0 Å². The molecule has 1 fully saturated rings. The van der Waals surface area contributed by atoms with Crippen LogP contribution >= 0.6 is 11.6 Å². The van der Waals surface area contributed by atoms with E-state index in [1.807, 2.05) is 19.1 Å². The lowest BCUT2D eigenvalue weighted by atomic mass is 10.2. The number of methoxy groups -OCH3 is 1. The standard InChI is InChI=1S/C16H22ClN3O/c1-11(17)16-18-14-7-6-13(21-3)9-15(14)20(16)10-12-5-4-8-19(12)2/h6-7,9,11-12H,4-5,8,10H2,1-3H3. The molecule has 2 aromatic rings. The minimum Gasteiger partial charge on any atom is -0.497 e. The van der Waals surface area contributed by atoms with Crippen molar-refractivity contribution in [2.45, 2.75) is 37.7 Å². The average molecular weight is 308 g/mol. The van der Waals surface area contributed by atoms with Crippen molar-refractivity contribution >= 4 is 22.6 Å². The van der Waals surface area contributed by atoms with E-state index < -0.39 is 0 Å². The smallest absolute Gasteiger partial charge is 0.127 e. The van der Waals surface area contributed by atoms with E-state index in [1.54, 1.807) is 7.11 Å². The summed E-state index contributed by atoms with van der Waals surface area (Å²) in [6.45, 7) is 4.09. The normalized spacial score (nSPS) is 21.0.